The van der Waals surface area contributed by atoms with E-state index in [1.54, 1.807) is 0 Å². The molecule has 0 N–H and O–H groups in total. The third-order valence-corrected chi connectivity index (χ3v) is 4.91. The first-order chi connectivity index (χ1) is 8.17. The van der Waals surface area contributed by atoms with Crippen molar-refractivity contribution in [2.24, 2.45) is 0 Å². The third-order valence-electron chi connectivity index (χ3n) is 4.17. The van der Waals surface area contributed by atoms with Gasteiger partial charge in [0.15, 0.2) is 0 Å². The normalized spacial score (nSPS) is 31.8. The fourth-order valence-electron chi connectivity index (χ4n) is 2.99. The summed E-state index contributed by atoms with van der Waals surface area (Å²) >= 11 is 12.0. The average molecular weight is 272 g/mol. The van der Waals surface area contributed by atoms with Gasteiger partial charge in [-0.15, -0.1) is 0 Å². The molecule has 4 heteroatoms. The molecule has 3 saturated heterocycles. The summed E-state index contributed by atoms with van der Waals surface area (Å²) in [6.45, 7) is 8.69. The topological polar surface area (TPSA) is 3.24 Å². The number of fused-ring (bicyclic) bond motifs is 3. The first-order valence-electron chi connectivity index (χ1n) is 6.18. The summed E-state index contributed by atoms with van der Waals surface area (Å²) in [6, 6.07) is 6.05. The van der Waals surface area contributed by atoms with Crippen molar-refractivity contribution >= 4 is 23.2 Å². The van der Waals surface area contributed by atoms with Crippen LogP contribution in [0, 0.1) is 0 Å². The highest BCUT2D eigenvalue weighted by molar-refractivity contribution is 6.42. The van der Waals surface area contributed by atoms with Crippen LogP contribution in [0.15, 0.2) is 18.2 Å². The number of hydrogen-bond donors (Lipinski definition) is 0. The largest absolute Gasteiger partial charge is 0.317 e. The Hall–Kier alpha value is -0.280. The maximum absolute atomic E-state index is 6.08. The molecular weight excluding hydrogens is 255 g/mol. The second kappa shape index (κ2) is 4.43. The molecule has 0 unspecified atom stereocenters. The number of quaternary nitrogens is 1. The zero-order valence-electron chi connectivity index (χ0n) is 9.83. The van der Waals surface area contributed by atoms with Crippen molar-refractivity contribution in [1.82, 2.24) is 4.90 Å². The molecule has 0 aromatic heterocycles. The first kappa shape index (κ1) is 11.8. The van der Waals surface area contributed by atoms with Crippen LogP contribution < -0.4 is 0 Å². The van der Waals surface area contributed by atoms with Gasteiger partial charge in [-0.2, -0.15) is 0 Å². The Balaban J connectivity index is 1.79. The van der Waals surface area contributed by atoms with Crippen LogP contribution in [0.1, 0.15) is 5.56 Å². The van der Waals surface area contributed by atoms with Gasteiger partial charge < -0.3 is 4.48 Å². The second-order valence-corrected chi connectivity index (χ2v) is 6.08. The van der Waals surface area contributed by atoms with Gasteiger partial charge in [0.1, 0.15) is 6.54 Å². The lowest BCUT2D eigenvalue weighted by molar-refractivity contribution is -0.953. The molecule has 2 bridgehead atoms. The SMILES string of the molecule is Clc1ccc(C[N+]23CCN(CC2)CC3)cc1Cl. The predicted octanol–water partition coefficient (Wildman–Crippen LogP) is 2.64. The predicted molar refractivity (Wildman–Crippen MR) is 71.5 cm³/mol. The number of benzene rings is 1. The Kier molecular flexibility index (Phi) is 3.07. The lowest BCUT2D eigenvalue weighted by atomic mass is 10.1. The summed E-state index contributed by atoms with van der Waals surface area (Å²) < 4.78 is 1.23. The van der Waals surface area contributed by atoms with Gasteiger partial charge in [-0.05, 0) is 12.1 Å². The monoisotopic (exact) mass is 271 g/mol. The summed E-state index contributed by atoms with van der Waals surface area (Å²) in [5, 5.41) is 1.33. The molecule has 0 saturated carbocycles. The van der Waals surface area contributed by atoms with Crippen LogP contribution >= 0.6 is 23.2 Å². The van der Waals surface area contributed by atoms with Crippen LogP contribution in [0.4, 0.5) is 0 Å². The molecule has 0 atom stereocenters. The molecule has 3 fully saturated rings. The van der Waals surface area contributed by atoms with Crippen molar-refractivity contribution in [1.29, 1.82) is 0 Å². The Morgan fingerprint density at radius 1 is 1.00 bits per heavy atom. The number of rotatable bonds is 2. The summed E-state index contributed by atoms with van der Waals surface area (Å²) in [5.41, 5.74) is 1.31. The maximum atomic E-state index is 6.08. The Morgan fingerprint density at radius 3 is 2.24 bits per heavy atom. The van der Waals surface area contributed by atoms with Crippen molar-refractivity contribution in [3.05, 3.63) is 33.8 Å². The van der Waals surface area contributed by atoms with Crippen molar-refractivity contribution in [2.75, 3.05) is 39.3 Å². The fraction of sp³-hybridized carbons (Fsp3) is 0.538. The summed E-state index contributed by atoms with van der Waals surface area (Å²) in [6.07, 6.45) is 0. The van der Waals surface area contributed by atoms with Crippen LogP contribution in [0.5, 0.6) is 0 Å². The standard InChI is InChI=1S/C13H17Cl2N2/c14-12-2-1-11(9-13(12)15)10-17-6-3-16(4-7-17)5-8-17/h1-2,9H,3-8,10H2/q+1. The van der Waals surface area contributed by atoms with Gasteiger partial charge in [0, 0.05) is 25.2 Å². The van der Waals surface area contributed by atoms with Gasteiger partial charge in [-0.1, -0.05) is 29.3 Å². The Morgan fingerprint density at radius 2 is 1.65 bits per heavy atom. The van der Waals surface area contributed by atoms with Gasteiger partial charge in [0.2, 0.25) is 0 Å². The molecule has 17 heavy (non-hydrogen) atoms. The van der Waals surface area contributed by atoms with Gasteiger partial charge in [0.25, 0.3) is 0 Å². The van der Waals surface area contributed by atoms with E-state index in [-0.39, 0.29) is 0 Å². The van der Waals surface area contributed by atoms with Crippen molar-refractivity contribution in [2.45, 2.75) is 6.54 Å². The van der Waals surface area contributed by atoms with E-state index in [4.69, 9.17) is 23.2 Å². The second-order valence-electron chi connectivity index (χ2n) is 5.26. The minimum atomic E-state index is 0.652. The molecule has 92 valence electrons. The molecule has 0 aliphatic carbocycles. The number of halogens is 2. The Labute approximate surface area is 112 Å². The summed E-state index contributed by atoms with van der Waals surface area (Å²) in [4.78, 5) is 2.56. The smallest absolute Gasteiger partial charge is 0.105 e. The first-order valence-corrected chi connectivity index (χ1v) is 6.94. The molecule has 0 spiro atoms. The van der Waals surface area contributed by atoms with E-state index < -0.39 is 0 Å². The van der Waals surface area contributed by atoms with Gasteiger partial charge in [0.05, 0.1) is 29.7 Å². The molecule has 3 aliphatic heterocycles. The molecule has 3 aliphatic rings. The average Bonchev–Trinajstić information content (AvgIpc) is 2.36. The molecule has 0 radical (unpaired) electrons. The van der Waals surface area contributed by atoms with Crippen molar-refractivity contribution in [3.8, 4) is 0 Å². The van der Waals surface area contributed by atoms with Gasteiger partial charge in [-0.3, -0.25) is 4.90 Å². The minimum Gasteiger partial charge on any atom is -0.317 e. The van der Waals surface area contributed by atoms with Crippen LogP contribution in [0.25, 0.3) is 0 Å². The fourth-order valence-corrected chi connectivity index (χ4v) is 3.31. The molecule has 2 nitrogen and oxygen atoms in total. The molecule has 3 heterocycles. The molecule has 1 aromatic rings. The lowest BCUT2D eigenvalue weighted by Crippen LogP contribution is -2.66. The molecule has 0 amide bonds. The Bertz CT molecular complexity index is 412. The lowest BCUT2D eigenvalue weighted by Gasteiger charge is -2.50. The van der Waals surface area contributed by atoms with E-state index in [0.717, 1.165) is 6.54 Å². The zero-order chi connectivity index (χ0) is 11.9. The summed E-state index contributed by atoms with van der Waals surface area (Å²) in [5.74, 6) is 0. The molecule has 4 rings (SSSR count). The van der Waals surface area contributed by atoms with Crippen LogP contribution in [0.3, 0.4) is 0 Å². The van der Waals surface area contributed by atoms with E-state index in [9.17, 15) is 0 Å². The van der Waals surface area contributed by atoms with Crippen molar-refractivity contribution in [3.63, 3.8) is 0 Å². The molecular formula is C13H17Cl2N2+. The van der Waals surface area contributed by atoms with E-state index >= 15 is 0 Å². The third kappa shape index (κ3) is 2.32. The maximum Gasteiger partial charge on any atom is 0.105 e. The zero-order valence-corrected chi connectivity index (χ0v) is 11.3. The number of piperazine rings is 3. The quantitative estimate of drug-likeness (QED) is 0.748. The highest BCUT2D eigenvalue weighted by Crippen LogP contribution is 2.27. The van der Waals surface area contributed by atoms with Crippen LogP contribution in [0.2, 0.25) is 10.0 Å². The van der Waals surface area contributed by atoms with E-state index in [2.05, 4.69) is 11.0 Å². The summed E-state index contributed by atoms with van der Waals surface area (Å²) in [7, 11) is 0. The van der Waals surface area contributed by atoms with E-state index in [1.165, 1.54) is 49.3 Å². The van der Waals surface area contributed by atoms with E-state index in [0.29, 0.717) is 10.0 Å². The number of hydrogen-bond acceptors (Lipinski definition) is 1. The van der Waals surface area contributed by atoms with Crippen molar-refractivity contribution < 1.29 is 4.48 Å². The van der Waals surface area contributed by atoms with Gasteiger partial charge in [-0.25, -0.2) is 0 Å². The highest BCUT2D eigenvalue weighted by atomic mass is 35.5. The number of nitrogens with zero attached hydrogens (tertiary/aromatic N) is 2. The highest BCUT2D eigenvalue weighted by Gasteiger charge is 2.38. The van der Waals surface area contributed by atoms with Crippen LogP contribution in [-0.4, -0.2) is 48.7 Å². The minimum absolute atomic E-state index is 0.652. The van der Waals surface area contributed by atoms with Gasteiger partial charge >= 0.3 is 0 Å². The van der Waals surface area contributed by atoms with Crippen LogP contribution in [-0.2, 0) is 6.54 Å². The van der Waals surface area contributed by atoms with E-state index in [1.807, 2.05) is 12.1 Å². The molecule has 1 aromatic carbocycles.